The minimum absolute atomic E-state index is 0.135. The van der Waals surface area contributed by atoms with Crippen molar-refractivity contribution in [2.75, 3.05) is 6.61 Å². The normalized spacial score (nSPS) is 11.6. The second-order valence-corrected chi connectivity index (χ2v) is 10.3. The molecule has 0 radical (unpaired) electrons. The smallest absolute Gasteiger partial charge is 0.169 e. The number of rotatable bonds is 12. The van der Waals surface area contributed by atoms with E-state index >= 15 is 0 Å². The zero-order valence-corrected chi connectivity index (χ0v) is 22.9. The summed E-state index contributed by atoms with van der Waals surface area (Å²) >= 11 is 0. The van der Waals surface area contributed by atoms with Crippen LogP contribution >= 0.6 is 0 Å². The average molecular weight is 543 g/mol. The van der Waals surface area contributed by atoms with Crippen molar-refractivity contribution in [1.29, 1.82) is 0 Å². The van der Waals surface area contributed by atoms with Crippen molar-refractivity contribution >= 4 is 22.9 Å². The molecule has 0 heterocycles. The van der Waals surface area contributed by atoms with Crippen LogP contribution in [0.15, 0.2) is 54.6 Å². The molecule has 4 rings (SSSR count). The number of aromatic hydroxyl groups is 5. The van der Waals surface area contributed by atoms with Crippen molar-refractivity contribution in [1.82, 2.24) is 0 Å². The molecule has 0 fully saturated rings. The lowest BCUT2D eigenvalue weighted by Crippen LogP contribution is -2.01. The second kappa shape index (κ2) is 13.3. The van der Waals surface area contributed by atoms with Crippen molar-refractivity contribution < 1.29 is 30.6 Å². The molecular formula is C34H38O6. The zero-order chi connectivity index (χ0) is 28.6. The molecule has 0 saturated heterocycles. The Morgan fingerprint density at radius 2 is 1.45 bits per heavy atom. The Hall–Kier alpha value is -4.16. The number of aryl methyl sites for hydroxylation is 3. The maximum atomic E-state index is 11.1. The summed E-state index contributed by atoms with van der Waals surface area (Å²) in [7, 11) is 0. The van der Waals surface area contributed by atoms with Gasteiger partial charge in [0.2, 0.25) is 0 Å². The summed E-state index contributed by atoms with van der Waals surface area (Å²) in [6, 6.07) is 15.9. The third-order valence-electron chi connectivity index (χ3n) is 7.43. The van der Waals surface area contributed by atoms with E-state index < -0.39 is 0 Å². The number of unbranched alkanes of at least 4 members (excludes halogenated alkanes) is 2. The molecule has 0 unspecified atom stereocenters. The van der Waals surface area contributed by atoms with Gasteiger partial charge in [0.15, 0.2) is 23.0 Å². The summed E-state index contributed by atoms with van der Waals surface area (Å²) < 4.78 is 0. The monoisotopic (exact) mass is 542 g/mol. The standard InChI is InChI=1S/C34H38O6/c1-2-3-4-7-25-20-22(11-15-24(25)8-6-19-35)13-17-28-26(16-12-23-14-18-29(36)31(38)21-23)27-9-5-10-30(37)32(27)34(40)33(28)39/h5,9-12,14-16,18,20-21,35-40H,2-4,6-8,13,17,19H2,1H3. The van der Waals surface area contributed by atoms with Gasteiger partial charge < -0.3 is 30.6 Å². The van der Waals surface area contributed by atoms with Gasteiger partial charge in [-0.3, -0.25) is 0 Å². The van der Waals surface area contributed by atoms with E-state index in [4.69, 9.17) is 0 Å². The number of aliphatic hydroxyl groups is 1. The molecule has 0 aliphatic rings. The Kier molecular flexibility index (Phi) is 9.56. The molecule has 4 aromatic carbocycles. The van der Waals surface area contributed by atoms with E-state index in [2.05, 4.69) is 25.1 Å². The highest BCUT2D eigenvalue weighted by Crippen LogP contribution is 2.45. The van der Waals surface area contributed by atoms with Crippen LogP contribution in [-0.4, -0.2) is 37.2 Å². The first-order chi connectivity index (χ1) is 19.3. The molecule has 0 amide bonds. The van der Waals surface area contributed by atoms with E-state index in [0.29, 0.717) is 34.9 Å². The van der Waals surface area contributed by atoms with Crippen LogP contribution in [0.25, 0.3) is 22.9 Å². The molecule has 0 aromatic heterocycles. The van der Waals surface area contributed by atoms with Crippen molar-refractivity contribution in [3.63, 3.8) is 0 Å². The molecule has 0 bridgehead atoms. The van der Waals surface area contributed by atoms with Crippen LogP contribution in [0.2, 0.25) is 0 Å². The highest BCUT2D eigenvalue weighted by Gasteiger charge is 2.20. The lowest BCUT2D eigenvalue weighted by molar-refractivity contribution is 0.288. The van der Waals surface area contributed by atoms with Gasteiger partial charge in [0.1, 0.15) is 5.75 Å². The van der Waals surface area contributed by atoms with Crippen molar-refractivity contribution in [3.05, 3.63) is 88.0 Å². The molecule has 6 N–H and O–H groups in total. The van der Waals surface area contributed by atoms with E-state index in [9.17, 15) is 30.6 Å². The predicted molar refractivity (Wildman–Crippen MR) is 160 cm³/mol. The molecule has 210 valence electrons. The quantitative estimate of drug-likeness (QED) is 0.0652. The van der Waals surface area contributed by atoms with Crippen LogP contribution in [0.5, 0.6) is 28.7 Å². The molecule has 0 spiro atoms. The maximum Gasteiger partial charge on any atom is 0.169 e. The molecule has 40 heavy (non-hydrogen) atoms. The molecule has 0 atom stereocenters. The van der Waals surface area contributed by atoms with E-state index in [-0.39, 0.29) is 40.7 Å². The first-order valence-electron chi connectivity index (χ1n) is 13.9. The zero-order valence-electron chi connectivity index (χ0n) is 22.9. The van der Waals surface area contributed by atoms with E-state index in [1.165, 1.54) is 29.3 Å². The summed E-state index contributed by atoms with van der Waals surface area (Å²) in [5.74, 6) is -1.22. The average Bonchev–Trinajstić information content (AvgIpc) is 2.95. The summed E-state index contributed by atoms with van der Waals surface area (Å²) in [6.07, 6.45) is 10.6. The van der Waals surface area contributed by atoms with Crippen LogP contribution in [0, 0.1) is 0 Å². The number of phenolic OH excluding ortho intramolecular Hbond substituents is 5. The van der Waals surface area contributed by atoms with Gasteiger partial charge in [-0.05, 0) is 89.9 Å². The molecular weight excluding hydrogens is 504 g/mol. The summed E-state index contributed by atoms with van der Waals surface area (Å²) in [5, 5.41) is 62.1. The fourth-order valence-corrected chi connectivity index (χ4v) is 5.25. The Bertz CT molecular complexity index is 1500. The Morgan fingerprint density at radius 3 is 2.20 bits per heavy atom. The first-order valence-corrected chi connectivity index (χ1v) is 13.9. The number of benzene rings is 4. The van der Waals surface area contributed by atoms with Crippen molar-refractivity contribution in [3.8, 4) is 28.7 Å². The van der Waals surface area contributed by atoms with Gasteiger partial charge in [0.25, 0.3) is 0 Å². The SMILES string of the molecule is CCCCCc1cc(CCc2c(O)c(O)c3c(O)cccc3c2C=Cc2ccc(O)c(O)c2)ccc1CCCO. The lowest BCUT2D eigenvalue weighted by Gasteiger charge is -2.17. The number of hydrogen-bond donors (Lipinski definition) is 6. The van der Waals surface area contributed by atoms with E-state index in [1.807, 2.05) is 0 Å². The highest BCUT2D eigenvalue weighted by molar-refractivity contribution is 6.03. The fraction of sp³-hybridized carbons (Fsp3) is 0.294. The van der Waals surface area contributed by atoms with Crippen LogP contribution < -0.4 is 0 Å². The van der Waals surface area contributed by atoms with Crippen LogP contribution in [0.3, 0.4) is 0 Å². The molecule has 6 heteroatoms. The minimum Gasteiger partial charge on any atom is -0.507 e. The number of hydrogen-bond acceptors (Lipinski definition) is 6. The Balaban J connectivity index is 1.72. The second-order valence-electron chi connectivity index (χ2n) is 10.3. The van der Waals surface area contributed by atoms with Crippen molar-refractivity contribution in [2.24, 2.45) is 0 Å². The van der Waals surface area contributed by atoms with Gasteiger partial charge in [0, 0.05) is 12.2 Å². The van der Waals surface area contributed by atoms with Gasteiger partial charge in [-0.25, -0.2) is 0 Å². The van der Waals surface area contributed by atoms with Gasteiger partial charge in [-0.2, -0.15) is 0 Å². The maximum absolute atomic E-state index is 11.1. The van der Waals surface area contributed by atoms with Crippen molar-refractivity contribution in [2.45, 2.75) is 58.3 Å². The third-order valence-corrected chi connectivity index (χ3v) is 7.43. The van der Waals surface area contributed by atoms with Gasteiger partial charge in [-0.1, -0.05) is 68.3 Å². The summed E-state index contributed by atoms with van der Waals surface area (Å²) in [5.41, 5.74) is 5.51. The lowest BCUT2D eigenvalue weighted by atomic mass is 9.90. The number of aliphatic hydroxyl groups excluding tert-OH is 1. The molecule has 0 saturated carbocycles. The largest absolute Gasteiger partial charge is 0.507 e. The Morgan fingerprint density at radius 1 is 0.650 bits per heavy atom. The Labute approximate surface area is 235 Å². The van der Waals surface area contributed by atoms with Crippen LogP contribution in [0.4, 0.5) is 0 Å². The number of fused-ring (bicyclic) bond motifs is 1. The predicted octanol–water partition coefficient (Wildman–Crippen LogP) is 6.98. The highest BCUT2D eigenvalue weighted by atomic mass is 16.3. The van der Waals surface area contributed by atoms with Crippen LogP contribution in [0.1, 0.15) is 66.0 Å². The summed E-state index contributed by atoms with van der Waals surface area (Å²) in [4.78, 5) is 0. The minimum atomic E-state index is -0.359. The van der Waals surface area contributed by atoms with E-state index in [1.54, 1.807) is 30.4 Å². The van der Waals surface area contributed by atoms with Gasteiger partial charge in [-0.15, -0.1) is 0 Å². The van der Waals surface area contributed by atoms with E-state index in [0.717, 1.165) is 44.1 Å². The molecule has 0 aliphatic heterocycles. The fourth-order valence-electron chi connectivity index (χ4n) is 5.25. The third kappa shape index (κ3) is 6.52. The topological polar surface area (TPSA) is 121 Å². The van der Waals surface area contributed by atoms with Crippen LogP contribution in [-0.2, 0) is 25.7 Å². The molecule has 0 aliphatic carbocycles. The van der Waals surface area contributed by atoms with Gasteiger partial charge >= 0.3 is 0 Å². The molecule has 6 nitrogen and oxygen atoms in total. The number of phenols is 5. The van der Waals surface area contributed by atoms with Gasteiger partial charge in [0.05, 0.1) is 5.39 Å². The summed E-state index contributed by atoms with van der Waals surface area (Å²) in [6.45, 7) is 2.35. The molecule has 4 aromatic rings. The first kappa shape index (κ1) is 28.8.